The highest BCUT2D eigenvalue weighted by Gasteiger charge is 2.36. The van der Waals surface area contributed by atoms with E-state index in [2.05, 4.69) is 4.90 Å². The van der Waals surface area contributed by atoms with Crippen molar-refractivity contribution in [3.05, 3.63) is 24.2 Å². The van der Waals surface area contributed by atoms with E-state index in [1.807, 2.05) is 19.1 Å². The van der Waals surface area contributed by atoms with Gasteiger partial charge in [0.05, 0.1) is 18.3 Å². The summed E-state index contributed by atoms with van der Waals surface area (Å²) in [6.45, 7) is 2.89. The molecule has 1 aliphatic heterocycles. The van der Waals surface area contributed by atoms with Gasteiger partial charge in [0.1, 0.15) is 5.76 Å². The first-order chi connectivity index (χ1) is 9.15. The maximum atomic E-state index is 11.7. The number of likely N-dealkylation sites (tertiary alicyclic amines) is 1. The Morgan fingerprint density at radius 3 is 2.95 bits per heavy atom. The van der Waals surface area contributed by atoms with Gasteiger partial charge in [-0.3, -0.25) is 9.69 Å². The fourth-order valence-electron chi connectivity index (χ4n) is 2.90. The summed E-state index contributed by atoms with van der Waals surface area (Å²) in [6, 6.07) is 3.41. The van der Waals surface area contributed by atoms with Gasteiger partial charge in [-0.05, 0) is 37.9 Å². The van der Waals surface area contributed by atoms with Crippen LogP contribution in [0, 0.1) is 0 Å². The molecule has 3 unspecified atom stereocenters. The summed E-state index contributed by atoms with van der Waals surface area (Å²) in [6.07, 6.45) is 5.39. The average Bonchev–Trinajstić information content (AvgIpc) is 2.93. The Hall–Kier alpha value is -1.33. The van der Waals surface area contributed by atoms with Gasteiger partial charge in [0, 0.05) is 6.04 Å². The molecule has 0 saturated carbocycles. The van der Waals surface area contributed by atoms with E-state index >= 15 is 0 Å². The number of hydrogen-bond acceptors (Lipinski definition) is 4. The van der Waals surface area contributed by atoms with Crippen LogP contribution >= 0.6 is 0 Å². The van der Waals surface area contributed by atoms with E-state index in [-0.39, 0.29) is 24.0 Å². The van der Waals surface area contributed by atoms with E-state index in [0.29, 0.717) is 0 Å². The van der Waals surface area contributed by atoms with Crippen LogP contribution in [-0.2, 0) is 4.79 Å². The minimum Gasteiger partial charge on any atom is -0.468 e. The van der Waals surface area contributed by atoms with Crippen molar-refractivity contribution in [2.45, 2.75) is 50.7 Å². The summed E-state index contributed by atoms with van der Waals surface area (Å²) >= 11 is 0. The zero-order valence-corrected chi connectivity index (χ0v) is 11.4. The molecule has 4 N–H and O–H groups in total. The molecule has 0 aromatic carbocycles. The van der Waals surface area contributed by atoms with Crippen LogP contribution in [0.5, 0.6) is 0 Å². The maximum absolute atomic E-state index is 11.7. The minimum atomic E-state index is -0.264. The van der Waals surface area contributed by atoms with Crippen LogP contribution in [0.4, 0.5) is 0 Å². The van der Waals surface area contributed by atoms with E-state index in [9.17, 15) is 4.79 Å². The van der Waals surface area contributed by atoms with E-state index in [1.165, 1.54) is 0 Å². The van der Waals surface area contributed by atoms with Gasteiger partial charge in [0.15, 0.2) is 0 Å². The van der Waals surface area contributed by atoms with Crippen molar-refractivity contribution in [2.24, 2.45) is 11.5 Å². The molecule has 2 rings (SSSR count). The highest BCUT2D eigenvalue weighted by Crippen LogP contribution is 2.31. The van der Waals surface area contributed by atoms with Gasteiger partial charge in [-0.2, -0.15) is 0 Å². The lowest BCUT2D eigenvalue weighted by Crippen LogP contribution is -2.53. The van der Waals surface area contributed by atoms with Crippen LogP contribution < -0.4 is 11.5 Å². The Morgan fingerprint density at radius 2 is 2.37 bits per heavy atom. The number of carbonyl (C=O) groups is 1. The number of rotatable bonds is 5. The standard InChI is InChI=1S/C14H23N3O2/c1-2-10(15)13(12-7-5-9-19-12)17-8-4-3-6-11(17)14(16)18/h5,7,9-11,13H,2-4,6,8,15H2,1H3,(H2,16,18). The first kappa shape index (κ1) is 14.1. The van der Waals surface area contributed by atoms with Crippen LogP contribution in [0.15, 0.2) is 22.8 Å². The second-order valence-corrected chi connectivity index (χ2v) is 5.18. The molecule has 1 aliphatic rings. The lowest BCUT2D eigenvalue weighted by Gasteiger charge is -2.41. The largest absolute Gasteiger partial charge is 0.468 e. The number of piperidine rings is 1. The highest BCUT2D eigenvalue weighted by molar-refractivity contribution is 5.80. The zero-order chi connectivity index (χ0) is 13.8. The molecule has 1 saturated heterocycles. The second-order valence-electron chi connectivity index (χ2n) is 5.18. The van der Waals surface area contributed by atoms with Crippen molar-refractivity contribution in [3.8, 4) is 0 Å². The molecule has 1 aromatic rings. The van der Waals surface area contributed by atoms with Gasteiger partial charge in [-0.15, -0.1) is 0 Å². The molecule has 1 aromatic heterocycles. The third kappa shape index (κ3) is 2.98. The fourth-order valence-corrected chi connectivity index (χ4v) is 2.90. The van der Waals surface area contributed by atoms with Crippen molar-refractivity contribution >= 4 is 5.91 Å². The van der Waals surface area contributed by atoms with Crippen LogP contribution in [0.3, 0.4) is 0 Å². The summed E-state index contributed by atoms with van der Waals surface area (Å²) in [5.41, 5.74) is 11.8. The summed E-state index contributed by atoms with van der Waals surface area (Å²) < 4.78 is 5.53. The molecule has 1 amide bonds. The van der Waals surface area contributed by atoms with Crippen molar-refractivity contribution in [3.63, 3.8) is 0 Å². The third-order valence-corrected chi connectivity index (χ3v) is 3.94. The number of nitrogens with two attached hydrogens (primary N) is 2. The lowest BCUT2D eigenvalue weighted by molar-refractivity contribution is -0.126. The smallest absolute Gasteiger partial charge is 0.234 e. The Labute approximate surface area is 113 Å². The summed E-state index contributed by atoms with van der Waals surface area (Å²) in [7, 11) is 0. The van der Waals surface area contributed by atoms with E-state index < -0.39 is 0 Å². The summed E-state index contributed by atoms with van der Waals surface area (Å²) in [5.74, 6) is 0.557. The molecule has 3 atom stereocenters. The Bertz CT molecular complexity index is 405. The van der Waals surface area contributed by atoms with Crippen LogP contribution in [-0.4, -0.2) is 29.4 Å². The molecule has 5 nitrogen and oxygen atoms in total. The maximum Gasteiger partial charge on any atom is 0.234 e. The second kappa shape index (κ2) is 6.21. The molecule has 0 bridgehead atoms. The lowest BCUT2D eigenvalue weighted by atomic mass is 9.94. The number of nitrogens with zero attached hydrogens (tertiary/aromatic N) is 1. The SMILES string of the molecule is CCC(N)C(c1ccco1)N1CCCCC1C(N)=O. The number of primary amides is 1. The van der Waals surface area contributed by atoms with Crippen molar-refractivity contribution in [1.29, 1.82) is 0 Å². The molecular formula is C14H23N3O2. The number of carbonyl (C=O) groups excluding carboxylic acids is 1. The zero-order valence-electron chi connectivity index (χ0n) is 11.4. The predicted octanol–water partition coefficient (Wildman–Crippen LogP) is 1.40. The monoisotopic (exact) mass is 265 g/mol. The molecule has 1 fully saturated rings. The van der Waals surface area contributed by atoms with Crippen molar-refractivity contribution in [2.75, 3.05) is 6.54 Å². The molecule has 2 heterocycles. The molecule has 0 aliphatic carbocycles. The van der Waals surface area contributed by atoms with E-state index in [0.717, 1.165) is 38.0 Å². The van der Waals surface area contributed by atoms with Gasteiger partial charge < -0.3 is 15.9 Å². The molecule has 19 heavy (non-hydrogen) atoms. The Balaban J connectivity index is 2.28. The Kier molecular flexibility index (Phi) is 4.61. The van der Waals surface area contributed by atoms with Gasteiger partial charge in [-0.1, -0.05) is 13.3 Å². The van der Waals surface area contributed by atoms with Gasteiger partial charge in [0.25, 0.3) is 0 Å². The summed E-state index contributed by atoms with van der Waals surface area (Å²) in [4.78, 5) is 13.8. The van der Waals surface area contributed by atoms with Gasteiger partial charge in [-0.25, -0.2) is 0 Å². The first-order valence-corrected chi connectivity index (χ1v) is 6.99. The molecular weight excluding hydrogens is 242 g/mol. The average molecular weight is 265 g/mol. The highest BCUT2D eigenvalue weighted by atomic mass is 16.3. The third-order valence-electron chi connectivity index (χ3n) is 3.94. The van der Waals surface area contributed by atoms with Crippen molar-refractivity contribution < 1.29 is 9.21 Å². The first-order valence-electron chi connectivity index (χ1n) is 6.99. The predicted molar refractivity (Wildman–Crippen MR) is 73.3 cm³/mol. The number of furan rings is 1. The quantitative estimate of drug-likeness (QED) is 0.842. The minimum absolute atomic E-state index is 0.0638. The van der Waals surface area contributed by atoms with Crippen LogP contribution in [0.25, 0.3) is 0 Å². The van der Waals surface area contributed by atoms with Gasteiger partial charge >= 0.3 is 0 Å². The normalized spacial score (nSPS) is 24.0. The Morgan fingerprint density at radius 1 is 1.58 bits per heavy atom. The van der Waals surface area contributed by atoms with Gasteiger partial charge in [0.2, 0.25) is 5.91 Å². The summed E-state index contributed by atoms with van der Waals surface area (Å²) in [5, 5.41) is 0. The molecule has 0 spiro atoms. The number of amides is 1. The van der Waals surface area contributed by atoms with Crippen molar-refractivity contribution in [1.82, 2.24) is 4.90 Å². The topological polar surface area (TPSA) is 85.5 Å². The van der Waals surface area contributed by atoms with E-state index in [1.54, 1.807) is 6.26 Å². The molecule has 5 heteroatoms. The van der Waals surface area contributed by atoms with Crippen LogP contribution in [0.1, 0.15) is 44.4 Å². The fraction of sp³-hybridized carbons (Fsp3) is 0.643. The molecule has 0 radical (unpaired) electrons. The number of hydrogen-bond donors (Lipinski definition) is 2. The molecule has 106 valence electrons. The van der Waals surface area contributed by atoms with Crippen LogP contribution in [0.2, 0.25) is 0 Å². The van der Waals surface area contributed by atoms with E-state index in [4.69, 9.17) is 15.9 Å².